The third-order valence-corrected chi connectivity index (χ3v) is 3.67. The van der Waals surface area contributed by atoms with Crippen molar-refractivity contribution < 1.29 is 9.90 Å². The van der Waals surface area contributed by atoms with Gasteiger partial charge in [-0.1, -0.05) is 18.2 Å². The number of hydrogen-bond donors (Lipinski definition) is 2. The van der Waals surface area contributed by atoms with E-state index in [9.17, 15) is 9.90 Å². The van der Waals surface area contributed by atoms with E-state index >= 15 is 0 Å². The number of rotatable bonds is 2. The molecule has 98 valence electrons. The summed E-state index contributed by atoms with van der Waals surface area (Å²) < 4.78 is 0. The molecule has 0 saturated heterocycles. The van der Waals surface area contributed by atoms with Gasteiger partial charge in [0.05, 0.1) is 4.90 Å². The van der Waals surface area contributed by atoms with Crippen molar-refractivity contribution in [2.75, 3.05) is 5.32 Å². The molecule has 0 spiro atoms. The summed E-state index contributed by atoms with van der Waals surface area (Å²) in [6.07, 6.45) is 0. The Bertz CT molecular complexity index is 611. The molecule has 0 heterocycles. The van der Waals surface area contributed by atoms with Gasteiger partial charge in [0.15, 0.2) is 0 Å². The zero-order chi connectivity index (χ0) is 13.8. The monoisotopic (exact) mass is 273 g/mol. The summed E-state index contributed by atoms with van der Waals surface area (Å²) in [5.41, 5.74) is 3.08. The van der Waals surface area contributed by atoms with Crippen molar-refractivity contribution in [1.82, 2.24) is 0 Å². The molecular formula is C15H15NO2S. The van der Waals surface area contributed by atoms with E-state index in [0.29, 0.717) is 4.90 Å². The highest BCUT2D eigenvalue weighted by Crippen LogP contribution is 2.29. The lowest BCUT2D eigenvalue weighted by atomic mass is 10.1. The Morgan fingerprint density at radius 2 is 1.84 bits per heavy atom. The summed E-state index contributed by atoms with van der Waals surface area (Å²) in [5.74, 6) is 0.114. The Morgan fingerprint density at radius 1 is 1.11 bits per heavy atom. The molecule has 0 atom stereocenters. The van der Waals surface area contributed by atoms with Crippen LogP contribution in [0.3, 0.4) is 0 Å². The third kappa shape index (κ3) is 3.51. The molecule has 2 N–H and O–H groups in total. The topological polar surface area (TPSA) is 49.3 Å². The quantitative estimate of drug-likeness (QED) is 0.800. The van der Waals surface area contributed by atoms with E-state index in [2.05, 4.69) is 5.32 Å². The average molecular weight is 273 g/mol. The largest absolute Gasteiger partial charge is 0.507 e. The first-order valence-corrected chi connectivity index (χ1v) is 6.72. The summed E-state index contributed by atoms with van der Waals surface area (Å²) in [5, 5.41) is 12.2. The number of phenolic OH excluding ortho intramolecular Hbond substituents is 1. The van der Waals surface area contributed by atoms with Crippen molar-refractivity contribution in [2.45, 2.75) is 18.7 Å². The van der Waals surface area contributed by atoms with Gasteiger partial charge in [0.2, 0.25) is 0 Å². The van der Waals surface area contributed by atoms with Gasteiger partial charge < -0.3 is 10.4 Å². The number of para-hydroxylation sites is 1. The standard InChI is InChI=1S/C15H15NO2S/c1-10-7-8-12(9-11(10)2)16-15(18)19-14-6-4-3-5-13(14)17/h3-9,17H,1-2H3,(H,16,18). The minimum atomic E-state index is -0.218. The van der Waals surface area contributed by atoms with Gasteiger partial charge in [0.25, 0.3) is 5.24 Å². The van der Waals surface area contributed by atoms with E-state index in [4.69, 9.17) is 0 Å². The molecule has 0 radical (unpaired) electrons. The van der Waals surface area contributed by atoms with Gasteiger partial charge in [-0.3, -0.25) is 4.79 Å². The predicted molar refractivity (Wildman–Crippen MR) is 78.9 cm³/mol. The fourth-order valence-electron chi connectivity index (χ4n) is 1.61. The molecule has 4 heteroatoms. The van der Waals surface area contributed by atoms with Gasteiger partial charge in [0, 0.05) is 5.69 Å². The van der Waals surface area contributed by atoms with Crippen LogP contribution in [0.5, 0.6) is 5.75 Å². The van der Waals surface area contributed by atoms with Crippen LogP contribution in [0.15, 0.2) is 47.4 Å². The number of amides is 1. The summed E-state index contributed by atoms with van der Waals surface area (Å²) in [4.78, 5) is 12.4. The number of anilines is 1. The second-order valence-electron chi connectivity index (χ2n) is 4.28. The fourth-order valence-corrected chi connectivity index (χ4v) is 2.29. The van der Waals surface area contributed by atoms with Crippen molar-refractivity contribution in [2.24, 2.45) is 0 Å². The highest BCUT2D eigenvalue weighted by atomic mass is 32.2. The molecule has 2 aromatic rings. The van der Waals surface area contributed by atoms with Gasteiger partial charge in [-0.05, 0) is 61.0 Å². The SMILES string of the molecule is Cc1ccc(NC(=O)Sc2ccccc2O)cc1C. The summed E-state index contributed by atoms with van der Waals surface area (Å²) >= 11 is 0.975. The van der Waals surface area contributed by atoms with E-state index < -0.39 is 0 Å². The predicted octanol–water partition coefficient (Wildman–Crippen LogP) is 4.33. The first-order valence-electron chi connectivity index (χ1n) is 5.90. The van der Waals surface area contributed by atoms with Crippen molar-refractivity contribution in [3.05, 3.63) is 53.6 Å². The number of benzene rings is 2. The van der Waals surface area contributed by atoms with Crippen molar-refractivity contribution in [1.29, 1.82) is 0 Å². The minimum Gasteiger partial charge on any atom is -0.507 e. The maximum Gasteiger partial charge on any atom is 0.288 e. The third-order valence-electron chi connectivity index (χ3n) is 2.82. The summed E-state index contributed by atoms with van der Waals surface area (Å²) in [6, 6.07) is 12.5. The lowest BCUT2D eigenvalue weighted by Gasteiger charge is -2.07. The van der Waals surface area contributed by atoms with E-state index in [1.54, 1.807) is 24.3 Å². The summed E-state index contributed by atoms with van der Waals surface area (Å²) in [6.45, 7) is 4.03. The van der Waals surface area contributed by atoms with Crippen LogP contribution in [-0.2, 0) is 0 Å². The number of hydrogen-bond acceptors (Lipinski definition) is 3. The highest BCUT2D eigenvalue weighted by molar-refractivity contribution is 8.14. The molecule has 0 saturated carbocycles. The zero-order valence-electron chi connectivity index (χ0n) is 10.8. The molecule has 2 rings (SSSR count). The molecule has 0 bridgehead atoms. The maximum absolute atomic E-state index is 11.9. The molecule has 1 amide bonds. The first-order chi connectivity index (χ1) is 9.06. The fraction of sp³-hybridized carbons (Fsp3) is 0.133. The Balaban J connectivity index is 2.05. The molecule has 2 aromatic carbocycles. The number of aromatic hydroxyl groups is 1. The molecule has 0 aliphatic rings. The van der Waals surface area contributed by atoms with Gasteiger partial charge in [0.1, 0.15) is 5.75 Å². The highest BCUT2D eigenvalue weighted by Gasteiger charge is 2.08. The molecular weight excluding hydrogens is 258 g/mol. The van der Waals surface area contributed by atoms with E-state index in [-0.39, 0.29) is 11.0 Å². The van der Waals surface area contributed by atoms with Crippen LogP contribution >= 0.6 is 11.8 Å². The number of thioether (sulfide) groups is 1. The molecule has 0 aromatic heterocycles. The van der Waals surface area contributed by atoms with Crippen LogP contribution in [0, 0.1) is 13.8 Å². The normalized spacial score (nSPS) is 10.2. The van der Waals surface area contributed by atoms with Crippen LogP contribution in [0.1, 0.15) is 11.1 Å². The number of aryl methyl sites for hydroxylation is 2. The van der Waals surface area contributed by atoms with E-state index in [0.717, 1.165) is 23.0 Å². The lowest BCUT2D eigenvalue weighted by Crippen LogP contribution is -2.04. The number of phenols is 1. The average Bonchev–Trinajstić information content (AvgIpc) is 2.37. The number of nitrogens with one attached hydrogen (secondary N) is 1. The van der Waals surface area contributed by atoms with Crippen LogP contribution < -0.4 is 5.32 Å². The van der Waals surface area contributed by atoms with Crippen LogP contribution in [0.25, 0.3) is 0 Å². The molecule has 0 unspecified atom stereocenters. The van der Waals surface area contributed by atoms with Crippen molar-refractivity contribution >= 4 is 22.7 Å². The maximum atomic E-state index is 11.9. The van der Waals surface area contributed by atoms with Gasteiger partial charge in [-0.25, -0.2) is 0 Å². The van der Waals surface area contributed by atoms with Crippen LogP contribution in [-0.4, -0.2) is 10.3 Å². The van der Waals surface area contributed by atoms with Gasteiger partial charge >= 0.3 is 0 Å². The van der Waals surface area contributed by atoms with E-state index in [1.807, 2.05) is 32.0 Å². The number of carbonyl (C=O) groups excluding carboxylic acids is 1. The molecule has 0 aliphatic carbocycles. The second-order valence-corrected chi connectivity index (χ2v) is 5.30. The molecule has 0 aliphatic heterocycles. The smallest absolute Gasteiger partial charge is 0.288 e. The van der Waals surface area contributed by atoms with Crippen molar-refractivity contribution in [3.8, 4) is 5.75 Å². The first kappa shape index (κ1) is 13.5. The van der Waals surface area contributed by atoms with Crippen molar-refractivity contribution in [3.63, 3.8) is 0 Å². The lowest BCUT2D eigenvalue weighted by molar-refractivity contribution is 0.269. The molecule has 19 heavy (non-hydrogen) atoms. The summed E-state index contributed by atoms with van der Waals surface area (Å²) in [7, 11) is 0. The van der Waals surface area contributed by atoms with Gasteiger partial charge in [-0.2, -0.15) is 0 Å². The zero-order valence-corrected chi connectivity index (χ0v) is 11.6. The Kier molecular flexibility index (Phi) is 4.12. The Labute approximate surface area is 116 Å². The minimum absolute atomic E-state index is 0.114. The Hall–Kier alpha value is -1.94. The van der Waals surface area contributed by atoms with E-state index in [1.165, 1.54) is 5.56 Å². The second kappa shape index (κ2) is 5.80. The number of carbonyl (C=O) groups is 1. The van der Waals surface area contributed by atoms with Crippen LogP contribution in [0.2, 0.25) is 0 Å². The van der Waals surface area contributed by atoms with Crippen LogP contribution in [0.4, 0.5) is 10.5 Å². The molecule has 3 nitrogen and oxygen atoms in total. The molecule has 0 fully saturated rings. The van der Waals surface area contributed by atoms with Gasteiger partial charge in [-0.15, -0.1) is 0 Å². The Morgan fingerprint density at radius 3 is 2.53 bits per heavy atom.